The molecule has 0 aromatic heterocycles. The number of carbonyl (C=O) groups excluding carboxylic acids is 1. The highest BCUT2D eigenvalue weighted by Crippen LogP contribution is 2.65. The first-order valence-electron chi connectivity index (χ1n) is 4.98. The molecular formula is C10H17NO. The van der Waals surface area contributed by atoms with Gasteiger partial charge in [-0.2, -0.15) is 0 Å². The maximum absolute atomic E-state index is 11.1. The molecule has 0 aliphatic heterocycles. The first-order valence-corrected chi connectivity index (χ1v) is 4.98. The average Bonchev–Trinajstić information content (AvgIpc) is 2.57. The van der Waals surface area contributed by atoms with Crippen LogP contribution in [0.5, 0.6) is 0 Å². The fraction of sp³-hybridized carbons (Fsp3) is 0.900. The van der Waals surface area contributed by atoms with E-state index in [4.69, 9.17) is 5.73 Å². The molecule has 1 spiro atoms. The van der Waals surface area contributed by atoms with Crippen molar-refractivity contribution in [2.75, 3.05) is 0 Å². The van der Waals surface area contributed by atoms with Gasteiger partial charge in [0.2, 0.25) is 5.91 Å². The normalized spacial score (nSPS) is 38.1. The van der Waals surface area contributed by atoms with Gasteiger partial charge in [-0.25, -0.2) is 0 Å². The number of primary amides is 1. The Morgan fingerprint density at radius 2 is 1.92 bits per heavy atom. The summed E-state index contributed by atoms with van der Waals surface area (Å²) in [7, 11) is 0. The van der Waals surface area contributed by atoms with Crippen LogP contribution in [0.15, 0.2) is 0 Å². The molecule has 0 aromatic rings. The molecule has 1 amide bonds. The van der Waals surface area contributed by atoms with Gasteiger partial charge in [-0.1, -0.05) is 26.2 Å². The number of hydrogen-bond donors (Lipinski definition) is 1. The maximum Gasteiger partial charge on any atom is 0.221 e. The smallest absolute Gasteiger partial charge is 0.221 e. The molecule has 0 aromatic carbocycles. The Bertz CT molecular complexity index is 206. The second-order valence-electron chi connectivity index (χ2n) is 4.46. The number of carbonyl (C=O) groups is 1. The van der Waals surface area contributed by atoms with E-state index >= 15 is 0 Å². The van der Waals surface area contributed by atoms with Crippen LogP contribution in [0, 0.1) is 17.3 Å². The molecule has 2 nitrogen and oxygen atoms in total. The van der Waals surface area contributed by atoms with Crippen LogP contribution in [0.4, 0.5) is 0 Å². The van der Waals surface area contributed by atoms with Gasteiger partial charge in [0.05, 0.1) is 0 Å². The van der Waals surface area contributed by atoms with Crippen molar-refractivity contribution in [1.82, 2.24) is 0 Å². The average molecular weight is 167 g/mol. The van der Waals surface area contributed by atoms with E-state index in [1.165, 1.54) is 32.1 Å². The predicted molar refractivity (Wildman–Crippen MR) is 47.4 cm³/mol. The lowest BCUT2D eigenvalue weighted by atomic mass is 9.83. The summed E-state index contributed by atoms with van der Waals surface area (Å²) in [5.74, 6) is 0.706. The molecule has 0 heterocycles. The minimum absolute atomic E-state index is 0.0654. The molecule has 0 radical (unpaired) electrons. The molecule has 2 atom stereocenters. The van der Waals surface area contributed by atoms with Crippen LogP contribution >= 0.6 is 0 Å². The van der Waals surface area contributed by atoms with Gasteiger partial charge in [0.25, 0.3) is 0 Å². The molecule has 2 rings (SSSR count). The summed E-state index contributed by atoms with van der Waals surface area (Å²) in [6.45, 7) is 2.18. The van der Waals surface area contributed by atoms with Gasteiger partial charge in [-0.3, -0.25) is 4.79 Å². The van der Waals surface area contributed by atoms with Crippen molar-refractivity contribution < 1.29 is 4.79 Å². The summed E-state index contributed by atoms with van der Waals surface area (Å²) in [4.78, 5) is 11.1. The van der Waals surface area contributed by atoms with E-state index in [9.17, 15) is 4.79 Å². The molecule has 68 valence electrons. The molecule has 0 saturated heterocycles. The predicted octanol–water partition coefficient (Wildman–Crippen LogP) is 1.69. The van der Waals surface area contributed by atoms with Gasteiger partial charge in [0, 0.05) is 5.92 Å². The van der Waals surface area contributed by atoms with Crippen molar-refractivity contribution in [3.8, 4) is 0 Å². The monoisotopic (exact) mass is 167 g/mol. The summed E-state index contributed by atoms with van der Waals surface area (Å²) < 4.78 is 0. The number of hydrogen-bond acceptors (Lipinski definition) is 1. The van der Waals surface area contributed by atoms with Crippen LogP contribution in [0.25, 0.3) is 0 Å². The fourth-order valence-corrected chi connectivity index (χ4v) is 3.21. The van der Waals surface area contributed by atoms with Crippen LogP contribution in [0.1, 0.15) is 39.0 Å². The molecule has 2 aliphatic rings. The van der Waals surface area contributed by atoms with Crippen LogP contribution in [0.3, 0.4) is 0 Å². The summed E-state index contributed by atoms with van der Waals surface area (Å²) in [6.07, 6.45) is 6.42. The third-order valence-electron chi connectivity index (χ3n) is 4.01. The Kier molecular flexibility index (Phi) is 1.67. The molecule has 2 fully saturated rings. The van der Waals surface area contributed by atoms with E-state index in [0.717, 1.165) is 0 Å². The van der Waals surface area contributed by atoms with Crippen molar-refractivity contribution in [3.05, 3.63) is 0 Å². The van der Waals surface area contributed by atoms with Gasteiger partial charge in [0.1, 0.15) is 0 Å². The Balaban J connectivity index is 2.08. The minimum atomic E-state index is -0.0654. The highest BCUT2D eigenvalue weighted by Gasteiger charge is 2.63. The molecule has 12 heavy (non-hydrogen) atoms. The Labute approximate surface area is 73.5 Å². The molecule has 0 bridgehead atoms. The maximum atomic E-state index is 11.1. The van der Waals surface area contributed by atoms with Crippen LogP contribution in [-0.2, 0) is 4.79 Å². The lowest BCUT2D eigenvalue weighted by Gasteiger charge is -2.22. The van der Waals surface area contributed by atoms with E-state index in [0.29, 0.717) is 11.3 Å². The van der Waals surface area contributed by atoms with Crippen molar-refractivity contribution in [3.63, 3.8) is 0 Å². The Morgan fingerprint density at radius 1 is 1.33 bits per heavy atom. The van der Waals surface area contributed by atoms with Gasteiger partial charge < -0.3 is 5.73 Å². The van der Waals surface area contributed by atoms with E-state index in [1.54, 1.807) is 0 Å². The largest absolute Gasteiger partial charge is 0.369 e. The van der Waals surface area contributed by atoms with Crippen molar-refractivity contribution in [2.24, 2.45) is 23.0 Å². The minimum Gasteiger partial charge on any atom is -0.369 e. The summed E-state index contributed by atoms with van der Waals surface area (Å²) in [6, 6.07) is 0. The van der Waals surface area contributed by atoms with E-state index in [2.05, 4.69) is 6.92 Å². The molecular weight excluding hydrogens is 150 g/mol. The molecule has 2 N–H and O–H groups in total. The van der Waals surface area contributed by atoms with E-state index < -0.39 is 0 Å². The Hall–Kier alpha value is -0.530. The molecule has 2 heteroatoms. The first kappa shape index (κ1) is 8.09. The third-order valence-corrected chi connectivity index (χ3v) is 4.01. The summed E-state index contributed by atoms with van der Waals surface area (Å²) in [5, 5.41) is 0. The van der Waals surface area contributed by atoms with Gasteiger partial charge >= 0.3 is 0 Å². The third kappa shape index (κ3) is 0.900. The fourth-order valence-electron chi connectivity index (χ4n) is 3.21. The first-order chi connectivity index (χ1) is 5.68. The zero-order chi connectivity index (χ0) is 8.77. The Morgan fingerprint density at radius 3 is 2.33 bits per heavy atom. The molecule has 2 aliphatic carbocycles. The van der Waals surface area contributed by atoms with Gasteiger partial charge in [0.15, 0.2) is 0 Å². The van der Waals surface area contributed by atoms with Crippen molar-refractivity contribution >= 4 is 5.91 Å². The van der Waals surface area contributed by atoms with Crippen molar-refractivity contribution in [2.45, 2.75) is 39.0 Å². The topological polar surface area (TPSA) is 43.1 Å². The van der Waals surface area contributed by atoms with E-state index in [1.807, 2.05) is 0 Å². The van der Waals surface area contributed by atoms with Gasteiger partial charge in [-0.15, -0.1) is 0 Å². The second kappa shape index (κ2) is 2.48. The zero-order valence-electron chi connectivity index (χ0n) is 7.68. The number of nitrogens with two attached hydrogens (primary N) is 1. The van der Waals surface area contributed by atoms with Crippen LogP contribution in [-0.4, -0.2) is 5.91 Å². The van der Waals surface area contributed by atoms with Crippen molar-refractivity contribution in [1.29, 1.82) is 0 Å². The lowest BCUT2D eigenvalue weighted by Crippen LogP contribution is -2.20. The quantitative estimate of drug-likeness (QED) is 0.634. The lowest BCUT2D eigenvalue weighted by molar-refractivity contribution is -0.120. The van der Waals surface area contributed by atoms with E-state index in [-0.39, 0.29) is 11.8 Å². The highest BCUT2D eigenvalue weighted by atomic mass is 16.1. The number of amides is 1. The SMILES string of the molecule is CC1C(C(N)=O)C12CCCCC2. The van der Waals surface area contributed by atoms with Crippen LogP contribution in [0.2, 0.25) is 0 Å². The summed E-state index contributed by atoms with van der Waals surface area (Å²) in [5.41, 5.74) is 5.71. The standard InChI is InChI=1S/C10H17NO/c1-7-8(9(11)12)10(7)5-3-2-4-6-10/h7-8H,2-6H2,1H3,(H2,11,12). The summed E-state index contributed by atoms with van der Waals surface area (Å²) >= 11 is 0. The zero-order valence-corrected chi connectivity index (χ0v) is 7.68. The van der Waals surface area contributed by atoms with Gasteiger partial charge in [-0.05, 0) is 24.2 Å². The number of rotatable bonds is 1. The highest BCUT2D eigenvalue weighted by molar-refractivity contribution is 5.81. The second-order valence-corrected chi connectivity index (χ2v) is 4.46. The molecule has 2 saturated carbocycles. The molecule has 2 unspecified atom stereocenters. The van der Waals surface area contributed by atoms with Crippen LogP contribution < -0.4 is 5.73 Å².